The summed E-state index contributed by atoms with van der Waals surface area (Å²) in [6.07, 6.45) is 5.02. The topological polar surface area (TPSA) is 114 Å². The average Bonchev–Trinajstić information content (AvgIpc) is 2.98. The molecule has 2 atom stereocenters. The second-order valence-electron chi connectivity index (χ2n) is 10.6. The zero-order chi connectivity index (χ0) is 30.7. The Hall–Kier alpha value is -4.68. The molecule has 2 N–H and O–H groups in total. The summed E-state index contributed by atoms with van der Waals surface area (Å²) in [4.78, 5) is 55.6. The fourth-order valence-electron chi connectivity index (χ4n) is 5.56. The van der Waals surface area contributed by atoms with Crippen molar-refractivity contribution in [1.82, 2.24) is 25.1 Å². The van der Waals surface area contributed by atoms with Crippen LogP contribution in [0.15, 0.2) is 85.5 Å². The van der Waals surface area contributed by atoms with Gasteiger partial charge in [0.2, 0.25) is 11.8 Å². The first kappa shape index (κ1) is 29.8. The minimum absolute atomic E-state index is 0.0360. The minimum Gasteiger partial charge on any atom is -0.382 e. The van der Waals surface area contributed by atoms with Gasteiger partial charge < -0.3 is 20.2 Å². The Kier molecular flexibility index (Phi) is 8.51. The Morgan fingerprint density at radius 2 is 1.81 bits per heavy atom. The molecule has 2 fully saturated rings. The molecule has 0 aromatic heterocycles. The van der Waals surface area contributed by atoms with E-state index in [0.717, 1.165) is 11.6 Å². The number of nitrogens with one attached hydrogen (secondary N) is 1. The summed E-state index contributed by atoms with van der Waals surface area (Å²) < 4.78 is 28.3. The summed E-state index contributed by atoms with van der Waals surface area (Å²) >= 11 is 0. The predicted molar refractivity (Wildman–Crippen MR) is 151 cm³/mol. The van der Waals surface area contributed by atoms with Crippen molar-refractivity contribution in [2.75, 3.05) is 19.6 Å². The Labute approximate surface area is 247 Å². The third kappa shape index (κ3) is 6.40. The van der Waals surface area contributed by atoms with Crippen LogP contribution < -0.4 is 5.32 Å². The molecule has 0 unspecified atom stereocenters. The molecule has 0 radical (unpaired) electrons. The smallest absolute Gasteiger partial charge is 0.334 e. The van der Waals surface area contributed by atoms with Crippen molar-refractivity contribution in [3.63, 3.8) is 0 Å². The van der Waals surface area contributed by atoms with Crippen LogP contribution in [0.1, 0.15) is 17.5 Å². The highest BCUT2D eigenvalue weighted by molar-refractivity contribution is 6.00. The van der Waals surface area contributed by atoms with Crippen molar-refractivity contribution in [3.8, 4) is 0 Å². The SMILES string of the molecule is C=CCN1CC(=O)N2[C@@H](CC3(O)C=CC(=O)C=C3)C(=O)N(Cc3ccc(F)cc3F)C[C@@H]2N1C(=O)NCc1ccccc1. The highest BCUT2D eigenvalue weighted by Crippen LogP contribution is 2.33. The van der Waals surface area contributed by atoms with E-state index >= 15 is 0 Å². The summed E-state index contributed by atoms with van der Waals surface area (Å²) in [6.45, 7) is 3.36. The van der Waals surface area contributed by atoms with Crippen LogP contribution in [0.3, 0.4) is 0 Å². The number of allylic oxidation sites excluding steroid dienone is 2. The second kappa shape index (κ2) is 12.3. The molecule has 224 valence electrons. The van der Waals surface area contributed by atoms with E-state index in [1.165, 1.54) is 56.3 Å². The van der Waals surface area contributed by atoms with Crippen molar-refractivity contribution in [3.05, 3.63) is 108 Å². The summed E-state index contributed by atoms with van der Waals surface area (Å²) in [6, 6.07) is 10.4. The van der Waals surface area contributed by atoms with Gasteiger partial charge in [0.05, 0.1) is 13.1 Å². The largest absolute Gasteiger partial charge is 0.382 e. The van der Waals surface area contributed by atoms with Crippen molar-refractivity contribution in [2.24, 2.45) is 0 Å². The molecule has 12 heteroatoms. The highest BCUT2D eigenvalue weighted by Gasteiger charge is 2.52. The van der Waals surface area contributed by atoms with Gasteiger partial charge in [-0.25, -0.2) is 23.6 Å². The molecule has 2 saturated heterocycles. The lowest BCUT2D eigenvalue weighted by molar-refractivity contribution is -0.191. The molecule has 3 aliphatic rings. The Morgan fingerprint density at radius 1 is 1.09 bits per heavy atom. The zero-order valence-corrected chi connectivity index (χ0v) is 23.2. The first-order chi connectivity index (χ1) is 20.6. The quantitative estimate of drug-likeness (QED) is 0.456. The van der Waals surface area contributed by atoms with Crippen molar-refractivity contribution < 1.29 is 33.1 Å². The number of urea groups is 1. The van der Waals surface area contributed by atoms with Gasteiger partial charge in [-0.3, -0.25) is 14.4 Å². The molecule has 5 rings (SSSR count). The van der Waals surface area contributed by atoms with Crippen LogP contribution in [0.25, 0.3) is 0 Å². The zero-order valence-electron chi connectivity index (χ0n) is 23.2. The molecule has 2 aliphatic heterocycles. The Balaban J connectivity index is 1.51. The summed E-state index contributed by atoms with van der Waals surface area (Å²) in [5, 5.41) is 17.0. The lowest BCUT2D eigenvalue weighted by Crippen LogP contribution is -2.76. The minimum atomic E-state index is -1.75. The van der Waals surface area contributed by atoms with E-state index in [2.05, 4.69) is 11.9 Å². The van der Waals surface area contributed by atoms with Gasteiger partial charge in [-0.2, -0.15) is 0 Å². The summed E-state index contributed by atoms with van der Waals surface area (Å²) in [5.41, 5.74) is -0.871. The second-order valence-corrected chi connectivity index (χ2v) is 10.6. The number of benzene rings is 2. The lowest BCUT2D eigenvalue weighted by atomic mass is 9.87. The highest BCUT2D eigenvalue weighted by atomic mass is 19.1. The standard InChI is InChI=1S/C31H31F2N5O5/c1-2-14-36-20-28(40)37-26(16-31(43)12-10-24(39)11-13-31)29(41)35(18-22-8-9-23(32)15-25(22)33)19-27(37)38(36)30(42)34-17-21-6-4-3-5-7-21/h2-13,15,26-27,43H,1,14,16-20H2,(H,34,42)/t26-,27-/m0/s1. The van der Waals surface area contributed by atoms with Gasteiger partial charge in [0.15, 0.2) is 5.78 Å². The van der Waals surface area contributed by atoms with Crippen LogP contribution >= 0.6 is 0 Å². The van der Waals surface area contributed by atoms with Gasteiger partial charge in [-0.15, -0.1) is 6.58 Å². The number of carbonyl (C=O) groups excluding carboxylic acids is 4. The Bertz CT molecular complexity index is 1480. The number of halogens is 2. The number of piperazine rings is 1. The van der Waals surface area contributed by atoms with Crippen LogP contribution in [-0.4, -0.2) is 86.0 Å². The monoisotopic (exact) mass is 591 g/mol. The first-order valence-corrected chi connectivity index (χ1v) is 13.7. The van der Waals surface area contributed by atoms with E-state index < -0.39 is 47.3 Å². The fourth-order valence-corrected chi connectivity index (χ4v) is 5.56. The van der Waals surface area contributed by atoms with E-state index in [1.54, 1.807) is 0 Å². The van der Waals surface area contributed by atoms with E-state index in [1.807, 2.05) is 30.3 Å². The fraction of sp³-hybridized carbons (Fsp3) is 0.290. The number of aliphatic hydroxyl groups is 1. The molecule has 10 nitrogen and oxygen atoms in total. The van der Waals surface area contributed by atoms with Crippen molar-refractivity contribution in [1.29, 1.82) is 0 Å². The van der Waals surface area contributed by atoms with Crippen LogP contribution in [0.5, 0.6) is 0 Å². The molecular weight excluding hydrogens is 560 g/mol. The third-order valence-corrected chi connectivity index (χ3v) is 7.63. The number of hydrazine groups is 1. The third-order valence-electron chi connectivity index (χ3n) is 7.63. The van der Waals surface area contributed by atoms with Gasteiger partial charge in [-0.05, 0) is 35.9 Å². The molecule has 0 saturated carbocycles. The number of fused-ring (bicyclic) bond motifs is 1. The van der Waals surface area contributed by atoms with Gasteiger partial charge in [0.25, 0.3) is 0 Å². The van der Waals surface area contributed by atoms with E-state index in [-0.39, 0.29) is 50.5 Å². The summed E-state index contributed by atoms with van der Waals surface area (Å²) in [5.74, 6) is -3.04. The van der Waals surface area contributed by atoms with Crippen molar-refractivity contribution >= 4 is 23.6 Å². The Morgan fingerprint density at radius 3 is 2.49 bits per heavy atom. The van der Waals surface area contributed by atoms with Gasteiger partial charge in [-0.1, -0.05) is 42.5 Å². The maximum atomic E-state index is 14.7. The van der Waals surface area contributed by atoms with E-state index in [9.17, 15) is 33.1 Å². The van der Waals surface area contributed by atoms with Gasteiger partial charge >= 0.3 is 6.03 Å². The normalized spacial score (nSPS) is 21.7. The predicted octanol–water partition coefficient (Wildman–Crippen LogP) is 2.27. The molecule has 1 aliphatic carbocycles. The first-order valence-electron chi connectivity index (χ1n) is 13.7. The van der Waals surface area contributed by atoms with Gasteiger partial charge in [0.1, 0.15) is 29.4 Å². The molecule has 0 bridgehead atoms. The van der Waals surface area contributed by atoms with E-state index in [4.69, 9.17) is 0 Å². The van der Waals surface area contributed by atoms with E-state index in [0.29, 0.717) is 6.07 Å². The summed E-state index contributed by atoms with van der Waals surface area (Å²) in [7, 11) is 0. The molecule has 2 aromatic carbocycles. The van der Waals surface area contributed by atoms with Crippen molar-refractivity contribution in [2.45, 2.75) is 37.3 Å². The number of rotatable bonds is 8. The maximum absolute atomic E-state index is 14.7. The number of ketones is 1. The number of amides is 4. The molecule has 2 aromatic rings. The molecular formula is C31H31F2N5O5. The lowest BCUT2D eigenvalue weighted by Gasteiger charge is -2.55. The number of hydrogen-bond donors (Lipinski definition) is 2. The molecule has 0 spiro atoms. The molecule has 43 heavy (non-hydrogen) atoms. The van der Waals surface area contributed by atoms with Gasteiger partial charge in [0, 0.05) is 37.7 Å². The van der Waals surface area contributed by atoms with Crippen LogP contribution in [0.2, 0.25) is 0 Å². The maximum Gasteiger partial charge on any atom is 0.334 e. The number of carbonyl (C=O) groups is 4. The molecule has 2 heterocycles. The number of nitrogens with zero attached hydrogens (tertiary/aromatic N) is 4. The average molecular weight is 592 g/mol. The van der Waals surface area contributed by atoms with Crippen LogP contribution in [0, 0.1) is 11.6 Å². The van der Waals surface area contributed by atoms with Crippen LogP contribution in [-0.2, 0) is 27.5 Å². The number of hydrogen-bond acceptors (Lipinski definition) is 6. The van der Waals surface area contributed by atoms with Crippen LogP contribution in [0.4, 0.5) is 13.6 Å². The molecule has 4 amide bonds.